The molecule has 0 radical (unpaired) electrons. The first-order valence-electron chi connectivity index (χ1n) is 30.9. The van der Waals surface area contributed by atoms with Gasteiger partial charge in [-0.05, 0) is 135 Å². The van der Waals surface area contributed by atoms with Gasteiger partial charge in [0.2, 0.25) is 29.5 Å². The zero-order valence-electron chi connectivity index (χ0n) is 50.9. The number of alkyl halides is 2. The van der Waals surface area contributed by atoms with Crippen molar-refractivity contribution in [1.29, 1.82) is 5.26 Å². The number of fused-ring (bicyclic) bond motifs is 1. The molecule has 90 heavy (non-hydrogen) atoms. The van der Waals surface area contributed by atoms with Crippen molar-refractivity contribution in [2.45, 2.75) is 108 Å². The molecule has 7 N–H and O–H groups in total. The minimum absolute atomic E-state index is 0.0693. The first-order chi connectivity index (χ1) is 43.1. The van der Waals surface area contributed by atoms with Gasteiger partial charge in [0.15, 0.2) is 0 Å². The fourth-order valence-corrected chi connectivity index (χ4v) is 11.6. The summed E-state index contributed by atoms with van der Waals surface area (Å²) in [5, 5.41) is 49.8. The fraction of sp³-hybridized carbons (Fsp3) is 0.597. The minimum atomic E-state index is -3.18. The maximum Gasteiger partial charge on any atom is 0.317 e. The number of carbonyl (C=O) groups excluding carboxylic acids is 6. The Morgan fingerprint density at radius 1 is 0.689 bits per heavy atom. The third kappa shape index (κ3) is 25.6. The van der Waals surface area contributed by atoms with Crippen molar-refractivity contribution in [3.63, 3.8) is 0 Å². The van der Waals surface area contributed by atoms with Crippen LogP contribution in [-0.2, 0) is 44.8 Å². The molecule has 3 aliphatic heterocycles. The summed E-state index contributed by atoms with van der Waals surface area (Å²) < 4.78 is 35.0. The Kier molecular flexibility index (Phi) is 29.7. The molecule has 3 aromatic rings. The normalized spacial score (nSPS) is 17.7. The quantitative estimate of drug-likeness (QED) is 0.0348. The van der Waals surface area contributed by atoms with E-state index in [1.807, 2.05) is 29.2 Å². The monoisotopic (exact) mass is 1370 g/mol. The molecule has 6 rings (SSSR count). The van der Waals surface area contributed by atoms with Crippen LogP contribution in [0.3, 0.4) is 0 Å². The van der Waals surface area contributed by atoms with Gasteiger partial charge in [0, 0.05) is 113 Å². The number of likely N-dealkylation sites (tertiary alicyclic amines) is 2. The lowest BCUT2D eigenvalue weighted by atomic mass is 9.92. The molecular weight excluding hydrogens is 1290 g/mol. The number of amides is 6. The molecule has 492 valence electrons. The number of nitrogens with zero attached hydrogens (tertiary/aromatic N) is 8. The average Bonchev–Trinajstić information content (AvgIpc) is 2.09. The number of carboxylic acids is 3. The Morgan fingerprint density at radius 3 is 1.91 bits per heavy atom. The second-order valence-electron chi connectivity index (χ2n) is 23.2. The number of halogens is 3. The molecule has 3 aliphatic rings. The number of nitrogens with one attached hydrogen (secondary N) is 4. The second kappa shape index (κ2) is 37.2. The largest absolute Gasteiger partial charge is 0.494 e. The number of ether oxygens (including phenoxy) is 1. The van der Waals surface area contributed by atoms with Crippen molar-refractivity contribution in [2.24, 2.45) is 5.92 Å². The zero-order chi connectivity index (χ0) is 65.0. The lowest BCUT2D eigenvalue weighted by Crippen LogP contribution is -2.52. The molecule has 4 heterocycles. The topological polar surface area (TPSA) is 328 Å². The lowest BCUT2D eigenvalue weighted by molar-refractivity contribution is -0.140. The van der Waals surface area contributed by atoms with Crippen LogP contribution in [0.25, 0.3) is 10.9 Å². The van der Waals surface area contributed by atoms with Gasteiger partial charge in [-0.1, -0.05) is 18.6 Å². The van der Waals surface area contributed by atoms with Gasteiger partial charge in [0.1, 0.15) is 17.8 Å². The van der Waals surface area contributed by atoms with E-state index in [-0.39, 0.29) is 109 Å². The van der Waals surface area contributed by atoms with Crippen LogP contribution in [0, 0.1) is 20.8 Å². The number of carbonyl (C=O) groups is 9. The third-order valence-corrected chi connectivity index (χ3v) is 17.0. The van der Waals surface area contributed by atoms with Crippen molar-refractivity contribution >= 4 is 86.8 Å². The van der Waals surface area contributed by atoms with Gasteiger partial charge in [0.25, 0.3) is 11.8 Å². The summed E-state index contributed by atoms with van der Waals surface area (Å²) in [5.41, 5.74) is 1.86. The smallest absolute Gasteiger partial charge is 0.317 e. The number of unbranched alkanes of at least 4 members (excludes halogenated alkanes) is 2. The number of rotatable bonds is 32. The van der Waals surface area contributed by atoms with E-state index in [1.165, 1.54) is 12.3 Å². The van der Waals surface area contributed by atoms with Gasteiger partial charge in [0.05, 0.1) is 63.0 Å². The molecule has 1 aromatic heterocycles. The Bertz CT molecular complexity index is 2920. The number of aliphatic carboxylic acids is 3. The van der Waals surface area contributed by atoms with E-state index in [0.29, 0.717) is 93.8 Å². The van der Waals surface area contributed by atoms with E-state index in [4.69, 9.17) is 4.74 Å². The number of nitriles is 1. The standard InChI is InChI=1S/C62H85F2IN12O13/c63-62(64)36-47(37-66)77(43-62)56(81)38-70-60(88)49-18-23-67-51-17-16-48(35-50(49)51)90-34-6-8-45-19-24-76(25-20-45)55(80)11-2-1-3-21-69-61(89)52(9-5-22-68-53(78)10-4-7-44-12-14-46(65)15-13-44)71-54(79)39-72-26-28-73(40-57(82)83)30-32-75(42-59(86)87)33-31-74(29-27-72)41-58(84)85/h12-18,23,35,45,47,52H,1-11,19-22,24-34,36,38-43H2,(H,68,78)(H,69,89)(H,70,88)(H,71,79)(H,82,83)(H,84,85)(H,86,87)/t47-,52?/m1/s1. The van der Waals surface area contributed by atoms with Crippen LogP contribution in [0.2, 0.25) is 0 Å². The van der Waals surface area contributed by atoms with Crippen LogP contribution in [-0.4, -0.2) is 245 Å². The molecule has 0 bridgehead atoms. The maximum atomic E-state index is 13.9. The number of piperidine rings is 1. The molecule has 2 atom stereocenters. The highest BCUT2D eigenvalue weighted by Crippen LogP contribution is 2.32. The minimum Gasteiger partial charge on any atom is -0.494 e. The highest BCUT2D eigenvalue weighted by Gasteiger charge is 2.47. The first kappa shape index (κ1) is 71.9. The molecule has 28 heteroatoms. The zero-order valence-corrected chi connectivity index (χ0v) is 53.1. The summed E-state index contributed by atoms with van der Waals surface area (Å²) in [6, 6.07) is 14.2. The van der Waals surface area contributed by atoms with Crippen LogP contribution in [0.1, 0.15) is 99.4 Å². The van der Waals surface area contributed by atoms with E-state index in [1.54, 1.807) is 43.9 Å². The van der Waals surface area contributed by atoms with Crippen molar-refractivity contribution in [3.8, 4) is 11.8 Å². The molecule has 25 nitrogen and oxygen atoms in total. The molecule has 3 saturated heterocycles. The molecule has 3 fully saturated rings. The van der Waals surface area contributed by atoms with Crippen molar-refractivity contribution in [1.82, 2.24) is 55.7 Å². The summed E-state index contributed by atoms with van der Waals surface area (Å²) in [6.07, 6.45) is 8.56. The molecule has 6 amide bonds. The number of hydrogen-bond acceptors (Lipinski definition) is 16. The van der Waals surface area contributed by atoms with Crippen LogP contribution in [0.15, 0.2) is 54.7 Å². The van der Waals surface area contributed by atoms with Gasteiger partial charge in [-0.2, -0.15) is 5.26 Å². The van der Waals surface area contributed by atoms with Crippen LogP contribution >= 0.6 is 22.6 Å². The highest BCUT2D eigenvalue weighted by molar-refractivity contribution is 14.1. The Balaban J connectivity index is 0.922. The fourth-order valence-electron chi connectivity index (χ4n) is 11.3. The number of pyridine rings is 1. The molecule has 0 saturated carbocycles. The van der Waals surface area contributed by atoms with Crippen LogP contribution in [0.5, 0.6) is 5.75 Å². The van der Waals surface area contributed by atoms with E-state index >= 15 is 0 Å². The van der Waals surface area contributed by atoms with E-state index in [0.717, 1.165) is 46.1 Å². The number of hydrogen-bond donors (Lipinski definition) is 7. The second-order valence-corrected chi connectivity index (χ2v) is 24.5. The summed E-state index contributed by atoms with van der Waals surface area (Å²) >= 11 is 2.24. The van der Waals surface area contributed by atoms with Gasteiger partial charge in [-0.15, -0.1) is 0 Å². The third-order valence-electron chi connectivity index (χ3n) is 16.3. The van der Waals surface area contributed by atoms with Gasteiger partial charge >= 0.3 is 17.9 Å². The number of aryl methyl sites for hydroxylation is 1. The Morgan fingerprint density at radius 2 is 1.30 bits per heavy atom. The molecular formula is C62H85F2IN12O13. The highest BCUT2D eigenvalue weighted by atomic mass is 127. The average molecular weight is 1370 g/mol. The van der Waals surface area contributed by atoms with Gasteiger partial charge < -0.3 is 51.1 Å². The molecule has 0 spiro atoms. The van der Waals surface area contributed by atoms with Gasteiger partial charge in [-0.25, -0.2) is 8.78 Å². The first-order valence-corrected chi connectivity index (χ1v) is 32.0. The summed E-state index contributed by atoms with van der Waals surface area (Å²) in [7, 11) is 0. The van der Waals surface area contributed by atoms with E-state index in [2.05, 4.69) is 48.8 Å². The van der Waals surface area contributed by atoms with Crippen molar-refractivity contribution in [2.75, 3.05) is 124 Å². The van der Waals surface area contributed by atoms with Crippen LogP contribution < -0.4 is 26.0 Å². The lowest BCUT2D eigenvalue weighted by Gasteiger charge is -2.33. The maximum absolute atomic E-state index is 13.9. The Labute approximate surface area is 536 Å². The molecule has 1 unspecified atom stereocenters. The number of carboxylic acid groups (broad SMARTS) is 3. The molecule has 0 aliphatic carbocycles. The van der Waals surface area contributed by atoms with E-state index < -0.39 is 79.1 Å². The SMILES string of the molecule is N#C[C@H]1CC(F)(F)CN1C(=O)CNC(=O)c1ccnc2ccc(OCCCC3CCN(C(=O)CCCCCNC(=O)C(CCCNC(=O)CCCc4ccc(I)cc4)NC(=O)CN4CCN(CC(=O)O)CCN(CC(=O)O)CCN(CC(=O)O)CC4)CC3)cc12. The van der Waals surface area contributed by atoms with Crippen LogP contribution in [0.4, 0.5) is 8.78 Å². The Hall–Kier alpha value is -7.20. The summed E-state index contributed by atoms with van der Waals surface area (Å²) in [6.45, 7) is 1.40. The summed E-state index contributed by atoms with van der Waals surface area (Å²) in [4.78, 5) is 129. The predicted octanol–water partition coefficient (Wildman–Crippen LogP) is 3.28. The predicted molar refractivity (Wildman–Crippen MR) is 335 cm³/mol. The number of aromatic nitrogens is 1. The molecule has 2 aromatic carbocycles. The van der Waals surface area contributed by atoms with E-state index in [9.17, 15) is 72.5 Å². The van der Waals surface area contributed by atoms with Crippen molar-refractivity contribution < 1.29 is 72.0 Å². The van der Waals surface area contributed by atoms with Gasteiger partial charge in [-0.3, -0.25) is 67.7 Å². The van der Waals surface area contributed by atoms with Crippen molar-refractivity contribution in [3.05, 3.63) is 69.4 Å². The summed E-state index contributed by atoms with van der Waals surface area (Å²) in [5.74, 6) is -7.82. The number of benzene rings is 2.